The molecule has 4 atom stereocenters. The quantitative estimate of drug-likeness (QED) is 0.0742. The molecule has 4 aliphatic heterocycles. The third kappa shape index (κ3) is 12.6. The van der Waals surface area contributed by atoms with E-state index < -0.39 is 24.2 Å². The van der Waals surface area contributed by atoms with E-state index in [0.717, 1.165) is 96.9 Å². The zero-order valence-corrected chi connectivity index (χ0v) is 43.5. The molecule has 400 valence electrons. The summed E-state index contributed by atoms with van der Waals surface area (Å²) in [6.45, 7) is 11.8. The van der Waals surface area contributed by atoms with Gasteiger partial charge in [-0.25, -0.2) is 19.9 Å². The van der Waals surface area contributed by atoms with Gasteiger partial charge in [-0.3, -0.25) is 19.2 Å². The Labute approximate surface area is 442 Å². The summed E-state index contributed by atoms with van der Waals surface area (Å²) in [5.41, 5.74) is 7.87. The van der Waals surface area contributed by atoms with Crippen molar-refractivity contribution in [2.45, 2.75) is 103 Å². The van der Waals surface area contributed by atoms with Gasteiger partial charge in [-0.2, -0.15) is 0 Å². The fourth-order valence-corrected chi connectivity index (χ4v) is 10.0. The minimum absolute atomic E-state index is 0.212. The highest BCUT2D eigenvalue weighted by Crippen LogP contribution is 2.28. The fourth-order valence-electron chi connectivity index (χ4n) is 10.0. The molecule has 6 aromatic rings. The van der Waals surface area contributed by atoms with Crippen LogP contribution in [0.5, 0.6) is 0 Å². The van der Waals surface area contributed by atoms with Crippen molar-refractivity contribution < 1.29 is 38.9 Å². The highest BCUT2D eigenvalue weighted by molar-refractivity contribution is 5.99. The first-order valence-electron chi connectivity index (χ1n) is 26.2. The lowest BCUT2D eigenvalue weighted by Crippen LogP contribution is -2.52. The Kier molecular flexibility index (Phi) is 17.1. The molecule has 0 bridgehead atoms. The molecule has 4 aromatic heterocycles. The third-order valence-electron chi connectivity index (χ3n) is 14.5. The van der Waals surface area contributed by atoms with Gasteiger partial charge >= 0.3 is 0 Å². The van der Waals surface area contributed by atoms with Crippen molar-refractivity contribution >= 4 is 35.5 Å². The van der Waals surface area contributed by atoms with Gasteiger partial charge in [0, 0.05) is 101 Å². The number of nitrogens with one attached hydrogen (secondary N) is 4. The second-order valence-corrected chi connectivity index (χ2v) is 19.9. The molecule has 0 unspecified atom stereocenters. The first-order valence-corrected chi connectivity index (χ1v) is 26.2. The Morgan fingerprint density at radius 3 is 1.39 bits per heavy atom. The number of nitrogens with zero attached hydrogens (tertiary/aromatic N) is 8. The van der Waals surface area contributed by atoms with Crippen LogP contribution in [0, 0.1) is 13.8 Å². The van der Waals surface area contributed by atoms with Crippen LogP contribution in [0.4, 0.5) is 11.9 Å². The number of carbonyl (C=O) groups is 4. The molecule has 6 N–H and O–H groups in total. The number of rotatable bonds is 16. The van der Waals surface area contributed by atoms with E-state index in [2.05, 4.69) is 41.2 Å². The normalized spacial score (nSPS) is 17.6. The number of aliphatic hydroxyl groups is 2. The zero-order valence-electron chi connectivity index (χ0n) is 43.5. The highest BCUT2D eigenvalue weighted by Gasteiger charge is 2.35. The molecule has 0 aliphatic carbocycles. The lowest BCUT2D eigenvalue weighted by Gasteiger charge is -2.33. The van der Waals surface area contributed by atoms with Crippen LogP contribution in [0.3, 0.4) is 0 Å². The van der Waals surface area contributed by atoms with Crippen molar-refractivity contribution in [2.75, 3.05) is 63.4 Å². The molecular weight excluding hydrogens is 969 g/mol. The Morgan fingerprint density at radius 1 is 0.605 bits per heavy atom. The van der Waals surface area contributed by atoms with E-state index in [1.165, 1.54) is 0 Å². The highest BCUT2D eigenvalue weighted by atomic mass is 16.5. The van der Waals surface area contributed by atoms with Crippen molar-refractivity contribution in [1.29, 1.82) is 0 Å². The molecule has 4 amide bonds. The maximum absolute atomic E-state index is 13.4. The molecule has 2 fully saturated rings. The molecule has 0 saturated carbocycles. The summed E-state index contributed by atoms with van der Waals surface area (Å²) in [5.74, 6) is 0.0805. The molecule has 10 rings (SSSR count). The summed E-state index contributed by atoms with van der Waals surface area (Å²) in [6.07, 6.45) is 10.9. The maximum Gasteiger partial charge on any atom is 0.271 e. The predicted octanol–water partition coefficient (Wildman–Crippen LogP) is 5.08. The number of carbonyl (C=O) groups excluding carboxylic acids is 4. The minimum atomic E-state index is -0.692. The van der Waals surface area contributed by atoms with Gasteiger partial charge in [0.2, 0.25) is 23.7 Å². The van der Waals surface area contributed by atoms with E-state index in [1.54, 1.807) is 36.0 Å². The van der Waals surface area contributed by atoms with Crippen molar-refractivity contribution in [1.82, 2.24) is 49.5 Å². The van der Waals surface area contributed by atoms with E-state index in [9.17, 15) is 29.4 Å². The van der Waals surface area contributed by atoms with Gasteiger partial charge in [0.1, 0.15) is 23.5 Å². The number of aryl methyl sites for hydroxylation is 2. The van der Waals surface area contributed by atoms with E-state index in [0.29, 0.717) is 49.5 Å². The Morgan fingerprint density at radius 2 is 1.01 bits per heavy atom. The van der Waals surface area contributed by atoms with Crippen molar-refractivity contribution in [3.05, 3.63) is 131 Å². The number of hydrogen-bond donors (Lipinski definition) is 6. The molecular formula is C56H68N12O8. The maximum atomic E-state index is 13.4. The SMILES string of the molecule is Cc1cccc([C@@H](CO)NC(=O)[C@@H](C)N2CCn3cc(-c4ccnc(NC5CCOCC5)n4)cc3C2=O)c1.Cc1cccc([C@@H](CO)NC(=O)[C@H](C)N2CCn3cc(-c4ccnc(NC5CCOCC5)n4)cc3C2=O)c1. The third-order valence-corrected chi connectivity index (χ3v) is 14.5. The number of anilines is 2. The number of amides is 4. The molecule has 2 aromatic carbocycles. The number of ether oxygens (including phenoxy) is 2. The van der Waals surface area contributed by atoms with Crippen LogP contribution in [0.25, 0.3) is 22.5 Å². The molecule has 0 radical (unpaired) electrons. The van der Waals surface area contributed by atoms with Gasteiger partial charge < -0.3 is 59.9 Å². The van der Waals surface area contributed by atoms with Crippen LogP contribution in [0.2, 0.25) is 0 Å². The van der Waals surface area contributed by atoms with Gasteiger partial charge in [-0.15, -0.1) is 0 Å². The van der Waals surface area contributed by atoms with Crippen molar-refractivity contribution in [3.8, 4) is 22.5 Å². The zero-order chi connectivity index (χ0) is 53.3. The lowest BCUT2D eigenvalue weighted by molar-refractivity contribution is -0.127. The lowest BCUT2D eigenvalue weighted by atomic mass is 10.0. The summed E-state index contributed by atoms with van der Waals surface area (Å²) in [6, 6.07) is 20.7. The molecule has 4 aliphatic rings. The Bertz CT molecular complexity index is 2800. The Hall–Kier alpha value is -7.52. The topological polar surface area (TPSA) is 243 Å². The van der Waals surface area contributed by atoms with Crippen LogP contribution in [-0.2, 0) is 32.2 Å². The summed E-state index contributed by atoms with van der Waals surface area (Å²) >= 11 is 0. The predicted molar refractivity (Wildman–Crippen MR) is 285 cm³/mol. The van der Waals surface area contributed by atoms with Gasteiger partial charge in [0.25, 0.3) is 11.8 Å². The fraction of sp³-hybridized carbons (Fsp3) is 0.429. The number of aliphatic hydroxyl groups excluding tert-OH is 2. The van der Waals surface area contributed by atoms with Crippen LogP contribution < -0.4 is 21.3 Å². The van der Waals surface area contributed by atoms with E-state index >= 15 is 0 Å². The van der Waals surface area contributed by atoms with Crippen molar-refractivity contribution in [3.63, 3.8) is 0 Å². The smallest absolute Gasteiger partial charge is 0.271 e. The van der Waals surface area contributed by atoms with Crippen LogP contribution >= 0.6 is 0 Å². The summed E-state index contributed by atoms with van der Waals surface area (Å²) in [7, 11) is 0. The number of fused-ring (bicyclic) bond motifs is 2. The van der Waals surface area contributed by atoms with E-state index in [-0.39, 0.29) is 48.9 Å². The molecule has 20 heteroatoms. The van der Waals surface area contributed by atoms with Crippen molar-refractivity contribution in [2.24, 2.45) is 0 Å². The molecule has 0 spiro atoms. The number of benzene rings is 2. The first-order chi connectivity index (χ1) is 36.8. The summed E-state index contributed by atoms with van der Waals surface area (Å²) in [4.78, 5) is 74.3. The molecule has 8 heterocycles. The molecule has 76 heavy (non-hydrogen) atoms. The first kappa shape index (κ1) is 53.3. The second kappa shape index (κ2) is 24.4. The monoisotopic (exact) mass is 1040 g/mol. The van der Waals surface area contributed by atoms with E-state index in [1.807, 2.05) is 108 Å². The Balaban J connectivity index is 0.000000186. The van der Waals surface area contributed by atoms with E-state index in [4.69, 9.17) is 9.47 Å². The number of aromatic nitrogens is 6. The molecule has 20 nitrogen and oxygen atoms in total. The van der Waals surface area contributed by atoms with Crippen LogP contribution in [-0.4, -0.2) is 150 Å². The second-order valence-electron chi connectivity index (χ2n) is 19.9. The minimum Gasteiger partial charge on any atom is -0.394 e. The molecule has 2 saturated heterocycles. The van der Waals surface area contributed by atoms with Gasteiger partial charge in [-0.1, -0.05) is 59.7 Å². The standard InChI is InChI=1S/2C28H34N6O4/c2*1-18-4-3-5-20(14-18)24(17-35)31-26(36)19(2)34-11-10-33-16-21(15-25(33)27(34)37)23-6-9-29-28(32-23)30-22-7-12-38-13-8-22/h2*3-6,9,14-16,19,22,24,35H,7-8,10-13,17H2,1-2H3,(H,31,36)(H,29,30,32)/t19-,24+;19-,24-/m01/s1. The average Bonchev–Trinajstić information content (AvgIpc) is 4.09. The van der Waals surface area contributed by atoms with Gasteiger partial charge in [0.15, 0.2) is 0 Å². The summed E-state index contributed by atoms with van der Waals surface area (Å²) in [5, 5.41) is 32.4. The average molecular weight is 1040 g/mol. The number of hydrogen-bond acceptors (Lipinski definition) is 14. The van der Waals surface area contributed by atoms with Crippen LogP contribution in [0.15, 0.2) is 97.6 Å². The van der Waals surface area contributed by atoms with Gasteiger partial charge in [-0.05, 0) is 88.8 Å². The van der Waals surface area contributed by atoms with Crippen LogP contribution in [0.1, 0.15) is 94.8 Å². The summed E-state index contributed by atoms with van der Waals surface area (Å²) < 4.78 is 14.7. The van der Waals surface area contributed by atoms with Gasteiger partial charge in [0.05, 0.1) is 36.7 Å². The largest absolute Gasteiger partial charge is 0.394 e.